The van der Waals surface area contributed by atoms with Crippen molar-refractivity contribution in [1.29, 1.82) is 0 Å². The number of hydrogen-bond donors (Lipinski definition) is 2. The van der Waals surface area contributed by atoms with Gasteiger partial charge in [-0.15, -0.1) is 0 Å². The number of halogens is 1. The van der Waals surface area contributed by atoms with Crippen LogP contribution in [0.5, 0.6) is 0 Å². The molecule has 0 saturated heterocycles. The average Bonchev–Trinajstić information content (AvgIpc) is 3.23. The van der Waals surface area contributed by atoms with Gasteiger partial charge in [0.1, 0.15) is 0 Å². The Labute approximate surface area is 174 Å². The fourth-order valence-electron chi connectivity index (χ4n) is 4.04. The van der Waals surface area contributed by atoms with Gasteiger partial charge in [-0.05, 0) is 61.0 Å². The summed E-state index contributed by atoms with van der Waals surface area (Å²) in [6.45, 7) is 2.26. The summed E-state index contributed by atoms with van der Waals surface area (Å²) in [5.41, 5.74) is 3.01. The van der Waals surface area contributed by atoms with Crippen molar-refractivity contribution >= 4 is 34.2 Å². The Bertz CT molecular complexity index is 1090. The smallest absolute Gasteiger partial charge is 0.321 e. The van der Waals surface area contributed by atoms with E-state index < -0.39 is 0 Å². The third-order valence-corrected chi connectivity index (χ3v) is 5.88. The topological polar surface area (TPSA) is 65.2 Å². The molecule has 4 rings (SSSR count). The van der Waals surface area contributed by atoms with Crippen molar-refractivity contribution in [2.45, 2.75) is 45.2 Å². The number of H-pyrrole nitrogens is 1. The molecule has 29 heavy (non-hydrogen) atoms. The monoisotopic (exact) mass is 409 g/mol. The number of aryl methyl sites for hydroxylation is 1. The van der Waals surface area contributed by atoms with E-state index in [1.807, 2.05) is 31.2 Å². The number of benzene rings is 2. The summed E-state index contributed by atoms with van der Waals surface area (Å²) >= 11 is 5.94. The van der Waals surface area contributed by atoms with Gasteiger partial charge in [0.05, 0.1) is 12.1 Å². The lowest BCUT2D eigenvalue weighted by Gasteiger charge is -2.29. The Kier molecular flexibility index (Phi) is 5.58. The van der Waals surface area contributed by atoms with Gasteiger partial charge in [0.25, 0.3) is 5.56 Å². The van der Waals surface area contributed by atoms with Gasteiger partial charge in [0.15, 0.2) is 0 Å². The lowest BCUT2D eigenvalue weighted by atomic mass is 10.1. The van der Waals surface area contributed by atoms with Crippen molar-refractivity contribution < 1.29 is 4.79 Å². The number of urea groups is 1. The highest BCUT2D eigenvalue weighted by Crippen LogP contribution is 2.26. The van der Waals surface area contributed by atoms with Gasteiger partial charge in [0.2, 0.25) is 0 Å². The first-order valence-corrected chi connectivity index (χ1v) is 10.3. The first-order valence-electron chi connectivity index (χ1n) is 9.96. The standard InChI is InChI=1S/C23H24ClN3O2/c1-15-5-4-6-16-13-17(22(28)26-21(15)16)14-27(20-7-2-3-8-20)23(29)25-19-11-9-18(24)10-12-19/h4-6,9-13,20H,2-3,7-8,14H2,1H3,(H,25,29)(H,26,28). The SMILES string of the molecule is Cc1cccc2cc(CN(C(=O)Nc3ccc(Cl)cc3)C3CCCC3)c(=O)[nH]c12. The number of aromatic nitrogens is 1. The summed E-state index contributed by atoms with van der Waals surface area (Å²) in [7, 11) is 0. The molecule has 1 aliphatic rings. The van der Waals surface area contributed by atoms with E-state index in [9.17, 15) is 9.59 Å². The van der Waals surface area contributed by atoms with Crippen LogP contribution in [-0.4, -0.2) is 22.0 Å². The summed E-state index contributed by atoms with van der Waals surface area (Å²) in [4.78, 5) is 30.6. The number of para-hydroxylation sites is 1. The van der Waals surface area contributed by atoms with Gasteiger partial charge in [-0.25, -0.2) is 4.79 Å². The van der Waals surface area contributed by atoms with Crippen molar-refractivity contribution in [2.24, 2.45) is 0 Å². The molecule has 0 bridgehead atoms. The van der Waals surface area contributed by atoms with Crippen LogP contribution in [0.3, 0.4) is 0 Å². The van der Waals surface area contributed by atoms with Crippen molar-refractivity contribution in [3.63, 3.8) is 0 Å². The van der Waals surface area contributed by atoms with E-state index in [0.717, 1.165) is 42.1 Å². The van der Waals surface area contributed by atoms with Crippen molar-refractivity contribution in [3.8, 4) is 0 Å². The third-order valence-electron chi connectivity index (χ3n) is 5.63. The Balaban J connectivity index is 1.63. The summed E-state index contributed by atoms with van der Waals surface area (Å²) in [6.07, 6.45) is 4.11. The summed E-state index contributed by atoms with van der Waals surface area (Å²) < 4.78 is 0. The van der Waals surface area contributed by atoms with Gasteiger partial charge in [-0.3, -0.25) is 4.79 Å². The Morgan fingerprint density at radius 3 is 2.62 bits per heavy atom. The average molecular weight is 410 g/mol. The maximum absolute atomic E-state index is 13.1. The maximum Gasteiger partial charge on any atom is 0.322 e. The zero-order chi connectivity index (χ0) is 20.4. The zero-order valence-electron chi connectivity index (χ0n) is 16.4. The van der Waals surface area contributed by atoms with E-state index >= 15 is 0 Å². The van der Waals surface area contributed by atoms with Crippen LogP contribution in [-0.2, 0) is 6.54 Å². The van der Waals surface area contributed by atoms with Crippen molar-refractivity contribution in [2.75, 3.05) is 5.32 Å². The van der Waals surface area contributed by atoms with Crippen LogP contribution in [0.2, 0.25) is 5.02 Å². The molecule has 0 aliphatic heterocycles. The van der Waals surface area contributed by atoms with Crippen LogP contribution in [0.25, 0.3) is 10.9 Å². The second kappa shape index (κ2) is 8.29. The zero-order valence-corrected chi connectivity index (χ0v) is 17.1. The molecule has 0 spiro atoms. The molecule has 0 atom stereocenters. The van der Waals surface area contributed by atoms with E-state index in [1.54, 1.807) is 29.2 Å². The van der Waals surface area contributed by atoms with Crippen molar-refractivity contribution in [3.05, 3.63) is 75.0 Å². The predicted octanol–water partition coefficient (Wildman–Crippen LogP) is 5.47. The molecule has 1 heterocycles. The molecule has 3 aromatic rings. The highest BCUT2D eigenvalue weighted by atomic mass is 35.5. The lowest BCUT2D eigenvalue weighted by molar-refractivity contribution is 0.184. The number of nitrogens with zero attached hydrogens (tertiary/aromatic N) is 1. The molecule has 2 amide bonds. The minimum atomic E-state index is -0.192. The number of aromatic amines is 1. The second-order valence-electron chi connectivity index (χ2n) is 7.67. The molecule has 2 aromatic carbocycles. The maximum atomic E-state index is 13.1. The van der Waals surface area contributed by atoms with E-state index in [4.69, 9.17) is 11.6 Å². The normalized spacial score (nSPS) is 14.3. The largest absolute Gasteiger partial charge is 0.322 e. The number of pyridine rings is 1. The molecule has 150 valence electrons. The molecule has 0 unspecified atom stereocenters. The van der Waals surface area contributed by atoms with Crippen LogP contribution < -0.4 is 10.9 Å². The van der Waals surface area contributed by atoms with Gasteiger partial charge in [-0.1, -0.05) is 42.6 Å². The first kappa shape index (κ1) is 19.5. The van der Waals surface area contributed by atoms with Crippen LogP contribution in [0.1, 0.15) is 36.8 Å². The quantitative estimate of drug-likeness (QED) is 0.600. The Hall–Kier alpha value is -2.79. The first-order chi connectivity index (χ1) is 14.0. The molecule has 0 radical (unpaired) electrons. The van der Waals surface area contributed by atoms with E-state index in [0.29, 0.717) is 16.3 Å². The number of fused-ring (bicyclic) bond motifs is 1. The molecular formula is C23H24ClN3O2. The molecule has 1 aromatic heterocycles. The number of rotatable bonds is 4. The van der Waals surface area contributed by atoms with E-state index in [-0.39, 0.29) is 24.2 Å². The Morgan fingerprint density at radius 2 is 1.90 bits per heavy atom. The van der Waals surface area contributed by atoms with Crippen molar-refractivity contribution in [1.82, 2.24) is 9.88 Å². The van der Waals surface area contributed by atoms with Gasteiger partial charge in [-0.2, -0.15) is 0 Å². The fraction of sp³-hybridized carbons (Fsp3) is 0.304. The van der Waals surface area contributed by atoms with Crippen LogP contribution in [0.15, 0.2) is 53.3 Å². The second-order valence-corrected chi connectivity index (χ2v) is 8.10. The van der Waals surface area contributed by atoms with Crippen LogP contribution in [0.4, 0.5) is 10.5 Å². The number of carbonyl (C=O) groups is 1. The van der Waals surface area contributed by atoms with E-state index in [1.165, 1.54) is 0 Å². The van der Waals surface area contributed by atoms with Gasteiger partial charge in [0, 0.05) is 22.3 Å². The minimum Gasteiger partial charge on any atom is -0.321 e. The van der Waals surface area contributed by atoms with Gasteiger partial charge >= 0.3 is 6.03 Å². The van der Waals surface area contributed by atoms with E-state index in [2.05, 4.69) is 10.3 Å². The molecule has 1 saturated carbocycles. The van der Waals surface area contributed by atoms with Crippen LogP contribution >= 0.6 is 11.6 Å². The predicted molar refractivity (Wildman–Crippen MR) is 118 cm³/mol. The molecule has 1 aliphatic carbocycles. The molecule has 5 nitrogen and oxygen atoms in total. The van der Waals surface area contributed by atoms with Gasteiger partial charge < -0.3 is 15.2 Å². The Morgan fingerprint density at radius 1 is 1.17 bits per heavy atom. The summed E-state index contributed by atoms with van der Waals surface area (Å²) in [6, 6.07) is 14.8. The molecule has 2 N–H and O–H groups in total. The number of carbonyl (C=O) groups excluding carboxylic acids is 1. The fourth-order valence-corrected chi connectivity index (χ4v) is 4.17. The summed E-state index contributed by atoms with van der Waals surface area (Å²) in [5.74, 6) is 0. The molecule has 1 fully saturated rings. The highest BCUT2D eigenvalue weighted by molar-refractivity contribution is 6.30. The summed E-state index contributed by atoms with van der Waals surface area (Å²) in [5, 5.41) is 4.54. The third kappa shape index (κ3) is 4.30. The molecular weight excluding hydrogens is 386 g/mol. The number of nitrogens with one attached hydrogen (secondary N) is 2. The minimum absolute atomic E-state index is 0.134. The number of amides is 2. The number of anilines is 1. The molecule has 6 heteroatoms. The van der Waals surface area contributed by atoms with Crippen LogP contribution in [0, 0.1) is 6.92 Å². The highest BCUT2D eigenvalue weighted by Gasteiger charge is 2.27. The number of hydrogen-bond acceptors (Lipinski definition) is 2. The lowest BCUT2D eigenvalue weighted by Crippen LogP contribution is -2.42.